The number of carboxylic acids is 1. The number of pyridine rings is 1. The minimum atomic E-state index is -1.41. The van der Waals surface area contributed by atoms with Gasteiger partial charge in [-0.15, -0.1) is 0 Å². The van der Waals surface area contributed by atoms with Gasteiger partial charge in [-0.1, -0.05) is 24.3 Å². The van der Waals surface area contributed by atoms with Crippen molar-refractivity contribution in [2.24, 2.45) is 7.05 Å². The van der Waals surface area contributed by atoms with Crippen LogP contribution in [0.4, 0.5) is 14.5 Å². The van der Waals surface area contributed by atoms with Gasteiger partial charge in [-0.25, -0.2) is 23.5 Å². The Morgan fingerprint density at radius 3 is 2.21 bits per heavy atom. The lowest BCUT2D eigenvalue weighted by atomic mass is 9.95. The standard InChI is InChI=1S/C27H24BrF2N5O4/c1-33-25-22(32-20(28)12-31-25)24(21(26(33)37)27(38)39)35-11-10-34(13-19(35)14-36)23(15-2-6-17(29)7-3-15)16-4-8-18(30)9-5-16/h2-9,12,19,23,36H,10-11,13-14H2,1H3,(H,38,39). The van der Waals surface area contributed by atoms with E-state index in [9.17, 15) is 28.6 Å². The number of hydrogen-bond acceptors (Lipinski definition) is 7. The van der Waals surface area contributed by atoms with Gasteiger partial charge >= 0.3 is 5.97 Å². The maximum atomic E-state index is 13.7. The van der Waals surface area contributed by atoms with Crippen LogP contribution in [0.1, 0.15) is 27.5 Å². The molecule has 39 heavy (non-hydrogen) atoms. The van der Waals surface area contributed by atoms with Gasteiger partial charge in [0.25, 0.3) is 5.56 Å². The molecular formula is C27H24BrF2N5O4. The van der Waals surface area contributed by atoms with E-state index >= 15 is 0 Å². The van der Waals surface area contributed by atoms with Crippen LogP contribution in [0.3, 0.4) is 0 Å². The first-order chi connectivity index (χ1) is 18.7. The van der Waals surface area contributed by atoms with Crippen LogP contribution in [0.15, 0.2) is 64.1 Å². The molecule has 0 bridgehead atoms. The molecule has 2 aromatic carbocycles. The minimum Gasteiger partial charge on any atom is -0.477 e. The summed E-state index contributed by atoms with van der Waals surface area (Å²) < 4.78 is 29.0. The molecule has 4 aromatic rings. The van der Waals surface area contributed by atoms with Gasteiger partial charge in [-0.05, 0) is 51.3 Å². The van der Waals surface area contributed by atoms with Crippen molar-refractivity contribution in [3.05, 3.63) is 98.0 Å². The van der Waals surface area contributed by atoms with Crippen LogP contribution in [0.2, 0.25) is 0 Å². The highest BCUT2D eigenvalue weighted by Gasteiger charge is 2.36. The number of hydrogen-bond donors (Lipinski definition) is 2. The molecule has 1 saturated heterocycles. The van der Waals surface area contributed by atoms with Crippen LogP contribution in [0.5, 0.6) is 0 Å². The fourth-order valence-corrected chi connectivity index (χ4v) is 5.47. The number of carboxylic acid groups (broad SMARTS) is 1. The first-order valence-corrected chi connectivity index (χ1v) is 12.9. The van der Waals surface area contributed by atoms with Crippen molar-refractivity contribution in [3.8, 4) is 0 Å². The number of aliphatic hydroxyl groups is 1. The molecule has 3 heterocycles. The molecule has 2 aromatic heterocycles. The molecule has 202 valence electrons. The summed E-state index contributed by atoms with van der Waals surface area (Å²) >= 11 is 3.28. The van der Waals surface area contributed by atoms with Crippen molar-refractivity contribution >= 4 is 38.8 Å². The van der Waals surface area contributed by atoms with Gasteiger partial charge in [0.15, 0.2) is 11.2 Å². The highest BCUT2D eigenvalue weighted by molar-refractivity contribution is 9.10. The van der Waals surface area contributed by atoms with E-state index in [1.807, 2.05) is 0 Å². The van der Waals surface area contributed by atoms with E-state index in [2.05, 4.69) is 30.8 Å². The maximum absolute atomic E-state index is 13.7. The lowest BCUT2D eigenvalue weighted by molar-refractivity contribution is 0.0694. The average Bonchev–Trinajstić information content (AvgIpc) is 2.92. The lowest BCUT2D eigenvalue weighted by Gasteiger charge is -2.45. The van der Waals surface area contributed by atoms with E-state index in [1.165, 1.54) is 37.5 Å². The zero-order valence-corrected chi connectivity index (χ0v) is 22.3. The summed E-state index contributed by atoms with van der Waals surface area (Å²) in [4.78, 5) is 37.9. The number of aromatic nitrogens is 3. The van der Waals surface area contributed by atoms with Crippen molar-refractivity contribution < 1.29 is 23.8 Å². The molecule has 9 nitrogen and oxygen atoms in total. The van der Waals surface area contributed by atoms with Crippen molar-refractivity contribution in [1.29, 1.82) is 0 Å². The first kappa shape index (κ1) is 26.9. The second-order valence-electron chi connectivity index (χ2n) is 9.29. The Balaban J connectivity index is 1.60. The van der Waals surface area contributed by atoms with Gasteiger partial charge in [-0.2, -0.15) is 0 Å². The molecule has 2 N–H and O–H groups in total. The second-order valence-corrected chi connectivity index (χ2v) is 10.1. The fourth-order valence-electron chi connectivity index (χ4n) is 5.19. The molecule has 1 unspecified atom stereocenters. The van der Waals surface area contributed by atoms with Gasteiger partial charge in [0.2, 0.25) is 0 Å². The van der Waals surface area contributed by atoms with Crippen LogP contribution >= 0.6 is 15.9 Å². The number of piperazine rings is 1. The number of rotatable bonds is 6. The Kier molecular flexibility index (Phi) is 7.43. The van der Waals surface area contributed by atoms with Gasteiger partial charge in [0.1, 0.15) is 21.8 Å². The third kappa shape index (κ3) is 5.02. The zero-order chi connectivity index (χ0) is 27.8. The smallest absolute Gasteiger partial charge is 0.343 e. The molecular weight excluding hydrogens is 576 g/mol. The van der Waals surface area contributed by atoms with E-state index in [-0.39, 0.29) is 48.2 Å². The quantitative estimate of drug-likeness (QED) is 0.347. The second kappa shape index (κ2) is 10.8. The molecule has 1 atom stereocenters. The molecule has 1 aliphatic rings. The number of aryl methyl sites for hydroxylation is 1. The van der Waals surface area contributed by atoms with Gasteiger partial charge < -0.3 is 15.1 Å². The van der Waals surface area contributed by atoms with Gasteiger partial charge in [-0.3, -0.25) is 14.3 Å². The Hall–Kier alpha value is -3.74. The Morgan fingerprint density at radius 2 is 1.67 bits per heavy atom. The largest absolute Gasteiger partial charge is 0.477 e. The van der Waals surface area contributed by atoms with Crippen LogP contribution < -0.4 is 10.5 Å². The summed E-state index contributed by atoms with van der Waals surface area (Å²) in [7, 11) is 1.43. The summed E-state index contributed by atoms with van der Waals surface area (Å²) in [5.41, 5.74) is 0.853. The Morgan fingerprint density at radius 1 is 1.08 bits per heavy atom. The predicted molar refractivity (Wildman–Crippen MR) is 144 cm³/mol. The number of anilines is 1. The first-order valence-electron chi connectivity index (χ1n) is 12.1. The molecule has 0 amide bonds. The monoisotopic (exact) mass is 599 g/mol. The number of nitrogens with zero attached hydrogens (tertiary/aromatic N) is 5. The highest BCUT2D eigenvalue weighted by Crippen LogP contribution is 2.35. The molecule has 0 aliphatic carbocycles. The number of carbonyl (C=O) groups is 1. The summed E-state index contributed by atoms with van der Waals surface area (Å²) in [6, 6.07) is 11.0. The molecule has 0 radical (unpaired) electrons. The molecule has 1 fully saturated rings. The van der Waals surface area contributed by atoms with Crippen molar-refractivity contribution in [3.63, 3.8) is 0 Å². The fraction of sp³-hybridized carbons (Fsp3) is 0.259. The summed E-state index contributed by atoms with van der Waals surface area (Å²) in [6.07, 6.45) is 1.42. The summed E-state index contributed by atoms with van der Waals surface area (Å²) in [5, 5.41) is 20.5. The van der Waals surface area contributed by atoms with Crippen molar-refractivity contribution in [2.45, 2.75) is 12.1 Å². The summed E-state index contributed by atoms with van der Waals surface area (Å²) in [6.45, 7) is 0.522. The van der Waals surface area contributed by atoms with Crippen molar-refractivity contribution in [2.75, 3.05) is 31.1 Å². The van der Waals surface area contributed by atoms with Crippen LogP contribution in [0.25, 0.3) is 11.2 Å². The van der Waals surface area contributed by atoms with E-state index in [0.29, 0.717) is 11.1 Å². The molecule has 12 heteroatoms. The van der Waals surface area contributed by atoms with E-state index in [1.54, 1.807) is 29.2 Å². The summed E-state index contributed by atoms with van der Waals surface area (Å²) in [5.74, 6) is -2.19. The van der Waals surface area contributed by atoms with E-state index < -0.39 is 29.2 Å². The topological polar surface area (TPSA) is 112 Å². The number of halogens is 3. The van der Waals surface area contributed by atoms with E-state index in [4.69, 9.17) is 0 Å². The number of fused-ring (bicyclic) bond motifs is 1. The Labute approximate surface area is 230 Å². The normalized spacial score (nSPS) is 16.3. The maximum Gasteiger partial charge on any atom is 0.343 e. The molecule has 1 aliphatic heterocycles. The SMILES string of the molecule is Cn1c(=O)c(C(=O)O)c(N2CCN(C(c3ccc(F)cc3)c3ccc(F)cc3)CC2CO)c2nc(Br)cnc21. The van der Waals surface area contributed by atoms with Crippen LogP contribution in [0, 0.1) is 11.6 Å². The highest BCUT2D eigenvalue weighted by atomic mass is 79.9. The third-order valence-electron chi connectivity index (χ3n) is 6.98. The molecule has 0 saturated carbocycles. The predicted octanol–water partition coefficient (Wildman–Crippen LogP) is 3.34. The average molecular weight is 600 g/mol. The van der Waals surface area contributed by atoms with Gasteiger partial charge in [0.05, 0.1) is 30.6 Å². The van der Waals surface area contributed by atoms with Crippen LogP contribution in [-0.4, -0.2) is 67.9 Å². The van der Waals surface area contributed by atoms with Crippen molar-refractivity contribution in [1.82, 2.24) is 19.4 Å². The lowest BCUT2D eigenvalue weighted by Crippen LogP contribution is -2.56. The minimum absolute atomic E-state index is 0.0909. The molecule has 0 spiro atoms. The third-order valence-corrected chi connectivity index (χ3v) is 7.37. The number of aliphatic hydroxyl groups excluding tert-OH is 1. The molecule has 5 rings (SSSR count). The van der Waals surface area contributed by atoms with E-state index in [0.717, 1.165) is 15.7 Å². The van der Waals surface area contributed by atoms with Gasteiger partial charge in [0, 0.05) is 26.7 Å². The number of aromatic carboxylic acids is 1. The number of benzene rings is 2. The Bertz CT molecular complexity index is 1550. The van der Waals surface area contributed by atoms with Crippen LogP contribution in [-0.2, 0) is 7.05 Å². The zero-order valence-electron chi connectivity index (χ0n) is 20.8.